The number of hydrogen-bond donors (Lipinski definition) is 3. The smallest absolute Gasteiger partial charge is 0.332 e. The highest BCUT2D eigenvalue weighted by molar-refractivity contribution is 7.89. The Bertz CT molecular complexity index is 1130. The van der Waals surface area contributed by atoms with E-state index in [1.807, 2.05) is 37.3 Å². The minimum absolute atomic E-state index is 0.0593. The molecular weight excluding hydrogens is 482 g/mol. The molecule has 10 heteroatoms. The lowest BCUT2D eigenvalue weighted by Gasteiger charge is -2.18. The van der Waals surface area contributed by atoms with Crippen molar-refractivity contribution >= 4 is 27.9 Å². The third-order valence-electron chi connectivity index (χ3n) is 5.91. The van der Waals surface area contributed by atoms with Crippen LogP contribution in [0.15, 0.2) is 59.5 Å². The summed E-state index contributed by atoms with van der Waals surface area (Å²) in [7, 11) is -4.14. The van der Waals surface area contributed by atoms with Crippen molar-refractivity contribution in [3.05, 3.63) is 65.7 Å². The zero-order valence-corrected chi connectivity index (χ0v) is 21.2. The van der Waals surface area contributed by atoms with Crippen molar-refractivity contribution in [1.29, 1.82) is 0 Å². The molecule has 0 saturated carbocycles. The van der Waals surface area contributed by atoms with Crippen LogP contribution >= 0.6 is 0 Å². The van der Waals surface area contributed by atoms with Gasteiger partial charge in [0.05, 0.1) is 11.3 Å². The van der Waals surface area contributed by atoms with Gasteiger partial charge in [-0.25, -0.2) is 18.0 Å². The zero-order chi connectivity index (χ0) is 26.0. The first-order valence-electron chi connectivity index (χ1n) is 12.1. The lowest BCUT2D eigenvalue weighted by atomic mass is 10.1. The Labute approximate surface area is 212 Å². The number of aryl methyl sites for hydroxylation is 2. The Hall–Kier alpha value is -3.08. The van der Waals surface area contributed by atoms with Crippen molar-refractivity contribution in [3.8, 4) is 0 Å². The van der Waals surface area contributed by atoms with Gasteiger partial charge in [0.15, 0.2) is 0 Å². The van der Waals surface area contributed by atoms with E-state index in [2.05, 4.69) is 15.4 Å². The number of rotatable bonds is 12. The fraction of sp³-hybridized carbons (Fsp3) is 0.423. The molecule has 0 unspecified atom stereocenters. The topological polar surface area (TPSA) is 131 Å². The predicted octanol–water partition coefficient (Wildman–Crippen LogP) is 1.99. The summed E-state index contributed by atoms with van der Waals surface area (Å²) < 4.78 is 32.9. The number of nitrogens with one attached hydrogen (secondary N) is 3. The molecule has 0 bridgehead atoms. The fourth-order valence-corrected chi connectivity index (χ4v) is 5.04. The maximum absolute atomic E-state index is 12.9. The van der Waals surface area contributed by atoms with Gasteiger partial charge in [-0.3, -0.25) is 4.79 Å². The molecule has 194 valence electrons. The van der Waals surface area contributed by atoms with Crippen molar-refractivity contribution in [3.63, 3.8) is 0 Å². The van der Waals surface area contributed by atoms with E-state index in [0.717, 1.165) is 31.2 Å². The molecule has 0 aliphatic carbocycles. The van der Waals surface area contributed by atoms with Gasteiger partial charge in [-0.1, -0.05) is 48.0 Å². The monoisotopic (exact) mass is 515 g/mol. The average Bonchev–Trinajstić information content (AvgIpc) is 3.39. The molecule has 0 aromatic heterocycles. The van der Waals surface area contributed by atoms with Gasteiger partial charge >= 0.3 is 11.9 Å². The first kappa shape index (κ1) is 27.5. The van der Waals surface area contributed by atoms with Crippen molar-refractivity contribution < 1.29 is 27.5 Å². The van der Waals surface area contributed by atoms with Crippen molar-refractivity contribution in [2.24, 2.45) is 0 Å². The third-order valence-corrected chi connectivity index (χ3v) is 7.39. The van der Waals surface area contributed by atoms with Crippen LogP contribution in [-0.2, 0) is 35.6 Å². The standard InChI is InChI=1S/C26H33N3O6S/c1-19-12-14-21(15-13-19)36(33,34)29-23(26(32)35-25(31)22-11-7-17-27-22)18-24(30)28-16-6-5-10-20-8-3-2-4-9-20/h2-4,8-9,12-15,22-23,27,29H,5-7,10-11,16-18H2,1H3,(H,28,30)/t22-,23-/m0/s1. The Morgan fingerprint density at radius 3 is 2.44 bits per heavy atom. The highest BCUT2D eigenvalue weighted by Gasteiger charge is 2.33. The number of sulfonamides is 1. The maximum Gasteiger partial charge on any atom is 0.332 e. The van der Waals surface area contributed by atoms with Crippen LogP contribution in [0.2, 0.25) is 0 Å². The van der Waals surface area contributed by atoms with E-state index in [1.54, 1.807) is 12.1 Å². The summed E-state index contributed by atoms with van der Waals surface area (Å²) in [4.78, 5) is 37.6. The van der Waals surface area contributed by atoms with E-state index in [0.29, 0.717) is 19.5 Å². The molecule has 1 amide bonds. The Morgan fingerprint density at radius 1 is 1.06 bits per heavy atom. The molecule has 1 heterocycles. The Kier molecular flexibility index (Phi) is 10.2. The first-order chi connectivity index (χ1) is 17.2. The summed E-state index contributed by atoms with van der Waals surface area (Å²) in [5, 5.41) is 5.64. The molecule has 3 rings (SSSR count). The molecule has 1 aliphatic rings. The van der Waals surface area contributed by atoms with E-state index in [4.69, 9.17) is 4.74 Å². The molecule has 36 heavy (non-hydrogen) atoms. The minimum Gasteiger partial charge on any atom is -0.391 e. The van der Waals surface area contributed by atoms with Gasteiger partial charge < -0.3 is 15.4 Å². The lowest BCUT2D eigenvalue weighted by Crippen LogP contribution is -2.47. The molecule has 3 N–H and O–H groups in total. The number of hydrogen-bond acceptors (Lipinski definition) is 7. The van der Waals surface area contributed by atoms with Crippen molar-refractivity contribution in [1.82, 2.24) is 15.4 Å². The lowest BCUT2D eigenvalue weighted by molar-refractivity contribution is -0.162. The number of carbonyl (C=O) groups is 3. The summed E-state index contributed by atoms with van der Waals surface area (Å²) in [6.07, 6.45) is 3.25. The Balaban J connectivity index is 1.58. The number of benzene rings is 2. The van der Waals surface area contributed by atoms with Crippen molar-refractivity contribution in [2.45, 2.75) is 62.4 Å². The quantitative estimate of drug-likeness (QED) is 0.224. The van der Waals surface area contributed by atoms with Crippen LogP contribution < -0.4 is 15.4 Å². The van der Waals surface area contributed by atoms with Gasteiger partial charge in [0.1, 0.15) is 12.1 Å². The van der Waals surface area contributed by atoms with Crippen molar-refractivity contribution in [2.75, 3.05) is 13.1 Å². The second kappa shape index (κ2) is 13.3. The van der Waals surface area contributed by atoms with E-state index in [1.165, 1.54) is 17.7 Å². The summed E-state index contributed by atoms with van der Waals surface area (Å²) in [6.45, 7) is 2.82. The number of esters is 2. The van der Waals surface area contributed by atoms with Gasteiger partial charge in [-0.05, 0) is 63.3 Å². The average molecular weight is 516 g/mol. The molecule has 1 fully saturated rings. The van der Waals surface area contributed by atoms with Crippen LogP contribution in [0.4, 0.5) is 0 Å². The van der Waals surface area contributed by atoms with Crippen LogP contribution in [0.25, 0.3) is 0 Å². The second-order valence-corrected chi connectivity index (χ2v) is 10.6. The van der Waals surface area contributed by atoms with Crippen LogP contribution in [-0.4, -0.2) is 51.4 Å². The molecule has 1 saturated heterocycles. The molecular formula is C26H33N3O6S. The number of amides is 1. The van der Waals surface area contributed by atoms with E-state index in [-0.39, 0.29) is 4.90 Å². The molecule has 2 aromatic rings. The van der Waals surface area contributed by atoms with Crippen LogP contribution in [0.3, 0.4) is 0 Å². The molecule has 2 aromatic carbocycles. The molecule has 0 spiro atoms. The first-order valence-corrected chi connectivity index (χ1v) is 13.6. The highest BCUT2D eigenvalue weighted by atomic mass is 32.2. The molecule has 2 atom stereocenters. The van der Waals surface area contributed by atoms with E-state index < -0.39 is 46.4 Å². The minimum atomic E-state index is -4.14. The summed E-state index contributed by atoms with van der Waals surface area (Å²) in [5.74, 6) is -2.41. The van der Waals surface area contributed by atoms with Gasteiger partial charge in [0.2, 0.25) is 15.9 Å². The van der Waals surface area contributed by atoms with Crippen LogP contribution in [0.1, 0.15) is 43.2 Å². The number of carbonyl (C=O) groups excluding carboxylic acids is 3. The highest BCUT2D eigenvalue weighted by Crippen LogP contribution is 2.13. The van der Waals surface area contributed by atoms with E-state index >= 15 is 0 Å². The van der Waals surface area contributed by atoms with Gasteiger partial charge in [0.25, 0.3) is 0 Å². The Morgan fingerprint density at radius 2 is 1.78 bits per heavy atom. The summed E-state index contributed by atoms with van der Waals surface area (Å²) >= 11 is 0. The van der Waals surface area contributed by atoms with Gasteiger partial charge in [-0.15, -0.1) is 0 Å². The maximum atomic E-state index is 12.9. The van der Waals surface area contributed by atoms with E-state index in [9.17, 15) is 22.8 Å². The van der Waals surface area contributed by atoms with Gasteiger partial charge in [-0.2, -0.15) is 4.72 Å². The normalized spacial score (nSPS) is 16.3. The predicted molar refractivity (Wildman–Crippen MR) is 134 cm³/mol. The number of unbranched alkanes of at least 4 members (excludes halogenated alkanes) is 1. The SMILES string of the molecule is Cc1ccc(S(=O)(=O)N[C@@H](CC(=O)NCCCCc2ccccc2)C(=O)OC(=O)[C@@H]2CCCN2)cc1. The van der Waals surface area contributed by atoms with Crippen LogP contribution in [0, 0.1) is 6.92 Å². The number of ether oxygens (including phenoxy) is 1. The fourth-order valence-electron chi connectivity index (χ4n) is 3.86. The summed E-state index contributed by atoms with van der Waals surface area (Å²) in [5.41, 5.74) is 2.07. The largest absolute Gasteiger partial charge is 0.391 e. The zero-order valence-electron chi connectivity index (χ0n) is 20.4. The molecule has 1 aliphatic heterocycles. The molecule has 0 radical (unpaired) electrons. The third kappa shape index (κ3) is 8.54. The second-order valence-electron chi connectivity index (χ2n) is 8.87. The summed E-state index contributed by atoms with van der Waals surface area (Å²) in [6, 6.07) is 13.9. The van der Waals surface area contributed by atoms with Gasteiger partial charge in [0, 0.05) is 6.54 Å². The molecule has 9 nitrogen and oxygen atoms in total. The van der Waals surface area contributed by atoms with Crippen LogP contribution in [0.5, 0.6) is 0 Å².